The number of likely N-dealkylation sites (tertiary alicyclic amines) is 1. The SMILES string of the molecule is C[C@@H]1C[C@@H](CO[Si](c2ccccc2)(c2ccccc2)C(C)(C)C)N(C(=O)COCCN)C1. The van der Waals surface area contributed by atoms with Crippen LogP contribution in [0.4, 0.5) is 0 Å². The fourth-order valence-electron chi connectivity index (χ4n) is 4.92. The van der Waals surface area contributed by atoms with E-state index in [1.807, 2.05) is 4.90 Å². The average Bonchev–Trinajstić information content (AvgIpc) is 3.15. The summed E-state index contributed by atoms with van der Waals surface area (Å²) in [5.74, 6) is 0.472. The highest BCUT2D eigenvalue weighted by atomic mass is 28.4. The van der Waals surface area contributed by atoms with Crippen LogP contribution < -0.4 is 16.1 Å². The standard InChI is InChI=1S/C26H38N2O3Si/c1-21-17-22(28(18-21)25(29)20-30-16-15-27)19-31-32(26(2,3)4,23-11-7-5-8-12-23)24-13-9-6-10-14-24/h5-14,21-22H,15-20,27H2,1-4H3/t21-,22+/m1/s1. The first-order chi connectivity index (χ1) is 15.3. The molecule has 0 aromatic heterocycles. The Morgan fingerprint density at radius 2 is 1.62 bits per heavy atom. The first-order valence-corrected chi connectivity index (χ1v) is 13.5. The predicted molar refractivity (Wildman–Crippen MR) is 133 cm³/mol. The maximum absolute atomic E-state index is 12.9. The minimum atomic E-state index is -2.62. The molecule has 174 valence electrons. The Morgan fingerprint density at radius 1 is 1.06 bits per heavy atom. The van der Waals surface area contributed by atoms with Crippen molar-refractivity contribution in [3.8, 4) is 0 Å². The summed E-state index contributed by atoms with van der Waals surface area (Å²) in [7, 11) is -2.62. The van der Waals surface area contributed by atoms with E-state index in [2.05, 4.69) is 88.4 Å². The van der Waals surface area contributed by atoms with Gasteiger partial charge in [-0.2, -0.15) is 0 Å². The molecule has 6 heteroatoms. The summed E-state index contributed by atoms with van der Waals surface area (Å²) < 4.78 is 12.5. The molecule has 0 bridgehead atoms. The maximum atomic E-state index is 12.9. The molecule has 2 atom stereocenters. The molecule has 1 saturated heterocycles. The molecule has 0 unspecified atom stereocenters. The molecule has 2 N–H and O–H groups in total. The number of amides is 1. The van der Waals surface area contributed by atoms with Crippen molar-refractivity contribution in [1.82, 2.24) is 4.90 Å². The molecule has 0 spiro atoms. The number of rotatable bonds is 9. The molecule has 1 aliphatic rings. The highest BCUT2D eigenvalue weighted by Crippen LogP contribution is 2.37. The molecule has 3 rings (SSSR count). The van der Waals surface area contributed by atoms with Crippen molar-refractivity contribution in [2.45, 2.75) is 45.2 Å². The lowest BCUT2D eigenvalue weighted by molar-refractivity contribution is -0.137. The molecular weight excluding hydrogens is 416 g/mol. The number of carbonyl (C=O) groups excluding carboxylic acids is 1. The van der Waals surface area contributed by atoms with Crippen LogP contribution in [0.1, 0.15) is 34.1 Å². The molecule has 1 amide bonds. The Labute approximate surface area is 194 Å². The van der Waals surface area contributed by atoms with E-state index in [1.54, 1.807) is 0 Å². The molecule has 32 heavy (non-hydrogen) atoms. The monoisotopic (exact) mass is 454 g/mol. The number of ether oxygens (including phenoxy) is 1. The van der Waals surface area contributed by atoms with Crippen LogP contribution in [0.3, 0.4) is 0 Å². The number of benzene rings is 2. The molecule has 0 aliphatic carbocycles. The van der Waals surface area contributed by atoms with Crippen LogP contribution in [0.25, 0.3) is 0 Å². The van der Waals surface area contributed by atoms with E-state index in [0.717, 1.165) is 13.0 Å². The normalized spacial score (nSPS) is 19.3. The zero-order valence-corrected chi connectivity index (χ0v) is 20.9. The van der Waals surface area contributed by atoms with E-state index in [0.29, 0.717) is 25.7 Å². The summed E-state index contributed by atoms with van der Waals surface area (Å²) in [6.45, 7) is 11.2. The second kappa shape index (κ2) is 10.7. The Morgan fingerprint density at radius 3 is 2.12 bits per heavy atom. The first-order valence-electron chi connectivity index (χ1n) is 11.6. The van der Waals surface area contributed by atoms with Crippen molar-refractivity contribution < 1.29 is 14.0 Å². The van der Waals surface area contributed by atoms with Crippen molar-refractivity contribution in [3.05, 3.63) is 60.7 Å². The van der Waals surface area contributed by atoms with E-state index in [9.17, 15) is 4.79 Å². The smallest absolute Gasteiger partial charge is 0.261 e. The van der Waals surface area contributed by atoms with Crippen LogP contribution >= 0.6 is 0 Å². The Bertz CT molecular complexity index is 815. The van der Waals surface area contributed by atoms with Gasteiger partial charge in [0, 0.05) is 13.1 Å². The minimum Gasteiger partial charge on any atom is -0.405 e. The molecule has 1 fully saturated rings. The third-order valence-corrected chi connectivity index (χ3v) is 11.3. The minimum absolute atomic E-state index is 0.0267. The van der Waals surface area contributed by atoms with Gasteiger partial charge in [-0.1, -0.05) is 88.4 Å². The summed E-state index contributed by atoms with van der Waals surface area (Å²) >= 11 is 0. The highest BCUT2D eigenvalue weighted by Gasteiger charge is 2.51. The van der Waals surface area contributed by atoms with E-state index in [1.165, 1.54) is 10.4 Å². The van der Waals surface area contributed by atoms with Crippen LogP contribution in [0.2, 0.25) is 5.04 Å². The van der Waals surface area contributed by atoms with E-state index < -0.39 is 8.32 Å². The Hall–Kier alpha value is -1.99. The van der Waals surface area contributed by atoms with Gasteiger partial charge in [-0.05, 0) is 27.8 Å². The van der Waals surface area contributed by atoms with Gasteiger partial charge in [0.15, 0.2) is 0 Å². The fourth-order valence-corrected chi connectivity index (χ4v) is 9.52. The number of hydrogen-bond donors (Lipinski definition) is 1. The summed E-state index contributed by atoms with van der Waals surface area (Å²) in [6, 6.07) is 21.3. The van der Waals surface area contributed by atoms with Gasteiger partial charge >= 0.3 is 0 Å². The molecule has 0 saturated carbocycles. The second-order valence-corrected chi connectivity index (χ2v) is 14.2. The molecule has 1 aliphatic heterocycles. The predicted octanol–water partition coefficient (Wildman–Crippen LogP) is 2.78. The number of nitrogens with two attached hydrogens (primary N) is 1. The molecule has 2 aromatic carbocycles. The van der Waals surface area contributed by atoms with Gasteiger partial charge in [-0.15, -0.1) is 0 Å². The lowest BCUT2D eigenvalue weighted by atomic mass is 10.1. The molecule has 2 aromatic rings. The summed E-state index contributed by atoms with van der Waals surface area (Å²) in [4.78, 5) is 14.8. The van der Waals surface area contributed by atoms with Crippen molar-refractivity contribution in [1.29, 1.82) is 0 Å². The third-order valence-electron chi connectivity index (χ3n) is 6.34. The summed E-state index contributed by atoms with van der Waals surface area (Å²) in [5, 5.41) is 2.43. The Balaban J connectivity index is 1.91. The van der Waals surface area contributed by atoms with E-state index >= 15 is 0 Å². The van der Waals surface area contributed by atoms with E-state index in [-0.39, 0.29) is 23.6 Å². The van der Waals surface area contributed by atoms with Gasteiger partial charge in [-0.25, -0.2) is 0 Å². The summed E-state index contributed by atoms with van der Waals surface area (Å²) in [5.41, 5.74) is 5.50. The lowest BCUT2D eigenvalue weighted by Crippen LogP contribution is -2.67. The fraction of sp³-hybridized carbons (Fsp3) is 0.500. The third kappa shape index (κ3) is 5.31. The average molecular weight is 455 g/mol. The van der Waals surface area contributed by atoms with Gasteiger partial charge in [0.1, 0.15) is 6.61 Å². The van der Waals surface area contributed by atoms with Crippen molar-refractivity contribution in [2.24, 2.45) is 11.7 Å². The van der Waals surface area contributed by atoms with Crippen LogP contribution in [-0.4, -0.2) is 58.1 Å². The van der Waals surface area contributed by atoms with Gasteiger partial charge in [-0.3, -0.25) is 4.79 Å². The van der Waals surface area contributed by atoms with Crippen LogP contribution in [0.15, 0.2) is 60.7 Å². The lowest BCUT2D eigenvalue weighted by Gasteiger charge is -2.44. The quantitative estimate of drug-likeness (QED) is 0.467. The molecular formula is C26H38N2O3Si. The molecule has 0 radical (unpaired) electrons. The zero-order valence-electron chi connectivity index (χ0n) is 19.9. The van der Waals surface area contributed by atoms with Crippen molar-refractivity contribution in [2.75, 3.05) is 32.9 Å². The van der Waals surface area contributed by atoms with Crippen LogP contribution in [0.5, 0.6) is 0 Å². The van der Waals surface area contributed by atoms with Gasteiger partial charge < -0.3 is 19.8 Å². The van der Waals surface area contributed by atoms with Crippen LogP contribution in [-0.2, 0) is 14.0 Å². The van der Waals surface area contributed by atoms with Crippen LogP contribution in [0, 0.1) is 5.92 Å². The number of nitrogens with zero attached hydrogens (tertiary/aromatic N) is 1. The van der Waals surface area contributed by atoms with E-state index in [4.69, 9.17) is 14.9 Å². The van der Waals surface area contributed by atoms with Gasteiger partial charge in [0.2, 0.25) is 5.91 Å². The Kier molecular flexibility index (Phi) is 8.28. The van der Waals surface area contributed by atoms with Gasteiger partial charge in [0.05, 0.1) is 19.3 Å². The number of hydrogen-bond acceptors (Lipinski definition) is 4. The molecule has 5 nitrogen and oxygen atoms in total. The summed E-state index contributed by atoms with van der Waals surface area (Å²) in [6.07, 6.45) is 0.945. The second-order valence-electron chi connectivity index (χ2n) is 9.86. The first kappa shape index (κ1) is 24.6. The molecule has 1 heterocycles. The van der Waals surface area contributed by atoms with Crippen molar-refractivity contribution in [3.63, 3.8) is 0 Å². The topological polar surface area (TPSA) is 64.8 Å². The van der Waals surface area contributed by atoms with Crippen molar-refractivity contribution >= 4 is 24.6 Å². The zero-order chi connectivity index (χ0) is 23.2. The maximum Gasteiger partial charge on any atom is 0.261 e. The number of carbonyl (C=O) groups is 1. The highest BCUT2D eigenvalue weighted by molar-refractivity contribution is 6.99. The van der Waals surface area contributed by atoms with Gasteiger partial charge in [0.25, 0.3) is 8.32 Å². The largest absolute Gasteiger partial charge is 0.405 e.